The zero-order valence-electron chi connectivity index (χ0n) is 12.1. The summed E-state index contributed by atoms with van der Waals surface area (Å²) in [5, 5.41) is 13.7. The van der Waals surface area contributed by atoms with E-state index in [-0.39, 0.29) is 17.3 Å². The summed E-state index contributed by atoms with van der Waals surface area (Å²) in [6.45, 7) is 5.74. The first-order chi connectivity index (χ1) is 9.54. The highest BCUT2D eigenvalue weighted by molar-refractivity contribution is 5.99. The van der Waals surface area contributed by atoms with Crippen LogP contribution in [0.25, 0.3) is 0 Å². The molecule has 3 aliphatic rings. The van der Waals surface area contributed by atoms with Crippen LogP contribution in [0.2, 0.25) is 0 Å². The van der Waals surface area contributed by atoms with Crippen molar-refractivity contribution in [1.29, 1.82) is 0 Å². The van der Waals surface area contributed by atoms with Crippen LogP contribution in [0, 0.1) is 17.3 Å². The first-order valence-electron chi connectivity index (χ1n) is 7.56. The van der Waals surface area contributed by atoms with Gasteiger partial charge in [0.05, 0.1) is 6.10 Å². The smallest absolute Gasteiger partial charge is 0.179 e. The predicted molar refractivity (Wildman–Crippen MR) is 78.7 cm³/mol. The highest BCUT2D eigenvalue weighted by atomic mass is 16.3. The van der Waals surface area contributed by atoms with E-state index < -0.39 is 0 Å². The van der Waals surface area contributed by atoms with E-state index in [0.29, 0.717) is 11.8 Å². The van der Waals surface area contributed by atoms with E-state index in [0.717, 1.165) is 37.8 Å². The number of carbonyl (C=O) groups is 1. The molecule has 2 aliphatic carbocycles. The lowest BCUT2D eigenvalue weighted by Crippen LogP contribution is -2.43. The average molecular weight is 273 g/mol. The Kier molecular flexibility index (Phi) is 3.33. The molecule has 0 radical (unpaired) electrons. The molecule has 20 heavy (non-hydrogen) atoms. The number of fused-ring (bicyclic) bond motifs is 3. The van der Waals surface area contributed by atoms with Gasteiger partial charge in [0, 0.05) is 28.8 Å². The van der Waals surface area contributed by atoms with Gasteiger partial charge in [-0.15, -0.1) is 0 Å². The van der Waals surface area contributed by atoms with E-state index in [4.69, 9.17) is 0 Å². The number of allylic oxidation sites excluding steroid dienone is 5. The lowest BCUT2D eigenvalue weighted by atomic mass is 9.63. The molecule has 3 nitrogen and oxygen atoms in total. The first kappa shape index (κ1) is 13.6. The Morgan fingerprint density at radius 1 is 1.50 bits per heavy atom. The summed E-state index contributed by atoms with van der Waals surface area (Å²) < 4.78 is 0. The summed E-state index contributed by atoms with van der Waals surface area (Å²) in [6.07, 6.45) is 10.0. The average Bonchev–Trinajstić information content (AvgIpc) is 2.75. The maximum absolute atomic E-state index is 11.4. The SMILES string of the molecule is C=CC(=O)/C=C1/CCC2C(=CC[C@]3(C)[C@@H](O)CC[C@@H]23)N1. The van der Waals surface area contributed by atoms with Crippen molar-refractivity contribution >= 4 is 5.78 Å². The Morgan fingerprint density at radius 3 is 3.05 bits per heavy atom. The quantitative estimate of drug-likeness (QED) is 0.761. The Bertz CT molecular complexity index is 505. The third kappa shape index (κ3) is 2.05. The number of hydrogen-bond acceptors (Lipinski definition) is 3. The minimum atomic E-state index is -0.162. The van der Waals surface area contributed by atoms with E-state index in [9.17, 15) is 9.90 Å². The molecule has 3 heteroatoms. The molecule has 1 saturated carbocycles. The number of hydrogen-bond donors (Lipinski definition) is 2. The van der Waals surface area contributed by atoms with Crippen LogP contribution in [0.15, 0.2) is 36.2 Å². The number of nitrogens with one attached hydrogen (secondary N) is 1. The molecule has 4 atom stereocenters. The van der Waals surface area contributed by atoms with Crippen molar-refractivity contribution in [3.63, 3.8) is 0 Å². The fourth-order valence-corrected chi connectivity index (χ4v) is 4.29. The van der Waals surface area contributed by atoms with E-state index in [1.165, 1.54) is 11.8 Å². The second kappa shape index (κ2) is 4.88. The van der Waals surface area contributed by atoms with Crippen LogP contribution in [0.5, 0.6) is 0 Å². The maximum atomic E-state index is 11.4. The second-order valence-corrected chi connectivity index (χ2v) is 6.62. The molecule has 0 amide bonds. The minimum Gasteiger partial charge on any atom is -0.393 e. The molecule has 2 fully saturated rings. The van der Waals surface area contributed by atoms with Crippen LogP contribution in [0.3, 0.4) is 0 Å². The van der Waals surface area contributed by atoms with Gasteiger partial charge >= 0.3 is 0 Å². The lowest BCUT2D eigenvalue weighted by molar-refractivity contribution is -0.110. The van der Waals surface area contributed by atoms with Crippen LogP contribution in [-0.4, -0.2) is 17.0 Å². The summed E-state index contributed by atoms with van der Waals surface area (Å²) >= 11 is 0. The fourth-order valence-electron chi connectivity index (χ4n) is 4.29. The monoisotopic (exact) mass is 273 g/mol. The Morgan fingerprint density at radius 2 is 2.30 bits per heavy atom. The third-order valence-electron chi connectivity index (χ3n) is 5.55. The van der Waals surface area contributed by atoms with Gasteiger partial charge in [0.2, 0.25) is 0 Å². The standard InChI is InChI=1S/C17H23NO2/c1-3-12(19)10-11-4-5-13-14-6-7-16(20)17(14,2)9-8-15(13)18-11/h3,8,10,13-14,16,18,20H,1,4-7,9H2,2H3/b11-10-/t13?,14-,16-,17-/m0/s1. The molecule has 0 bridgehead atoms. The van der Waals surface area contributed by atoms with Gasteiger partial charge in [0.15, 0.2) is 5.78 Å². The zero-order valence-corrected chi connectivity index (χ0v) is 12.1. The van der Waals surface area contributed by atoms with Crippen molar-refractivity contribution in [3.05, 3.63) is 36.2 Å². The Labute approximate surface area is 120 Å². The van der Waals surface area contributed by atoms with Crippen molar-refractivity contribution < 1.29 is 9.90 Å². The second-order valence-electron chi connectivity index (χ2n) is 6.62. The molecule has 108 valence electrons. The number of piperidine rings is 1. The molecule has 1 aliphatic heterocycles. The van der Waals surface area contributed by atoms with Crippen molar-refractivity contribution in [2.45, 2.75) is 45.1 Å². The number of carbonyl (C=O) groups excluding carboxylic acids is 1. The molecule has 3 rings (SSSR count). The van der Waals surface area contributed by atoms with Crippen LogP contribution in [0.4, 0.5) is 0 Å². The van der Waals surface area contributed by atoms with E-state index >= 15 is 0 Å². The van der Waals surface area contributed by atoms with Gasteiger partial charge in [0.1, 0.15) is 0 Å². The van der Waals surface area contributed by atoms with Crippen LogP contribution < -0.4 is 5.32 Å². The van der Waals surface area contributed by atoms with Gasteiger partial charge < -0.3 is 10.4 Å². The molecule has 1 heterocycles. The largest absolute Gasteiger partial charge is 0.393 e. The minimum absolute atomic E-state index is 0.0384. The van der Waals surface area contributed by atoms with Gasteiger partial charge in [-0.05, 0) is 44.1 Å². The molecule has 0 aromatic carbocycles. The van der Waals surface area contributed by atoms with Crippen molar-refractivity contribution in [2.24, 2.45) is 17.3 Å². The topological polar surface area (TPSA) is 49.3 Å². The Hall–Kier alpha value is -1.35. The maximum Gasteiger partial charge on any atom is 0.179 e. The lowest BCUT2D eigenvalue weighted by Gasteiger charge is -2.45. The zero-order chi connectivity index (χ0) is 14.3. The van der Waals surface area contributed by atoms with Gasteiger partial charge in [0.25, 0.3) is 0 Å². The normalized spacial score (nSPS) is 41.4. The van der Waals surface area contributed by atoms with E-state index in [2.05, 4.69) is 24.9 Å². The summed E-state index contributed by atoms with van der Waals surface area (Å²) in [5.41, 5.74) is 2.31. The molecule has 2 N–H and O–H groups in total. The molecule has 1 unspecified atom stereocenters. The molecule has 0 aromatic rings. The van der Waals surface area contributed by atoms with Crippen molar-refractivity contribution in [2.75, 3.05) is 0 Å². The molecular formula is C17H23NO2. The number of aliphatic hydroxyl groups is 1. The van der Waals surface area contributed by atoms with Gasteiger partial charge in [-0.2, -0.15) is 0 Å². The van der Waals surface area contributed by atoms with Crippen LogP contribution >= 0.6 is 0 Å². The van der Waals surface area contributed by atoms with Crippen LogP contribution in [-0.2, 0) is 4.79 Å². The molecule has 1 saturated heterocycles. The summed E-state index contributed by atoms with van der Waals surface area (Å²) in [5.74, 6) is 1.05. The number of ketones is 1. The summed E-state index contributed by atoms with van der Waals surface area (Å²) in [7, 11) is 0. The first-order valence-corrected chi connectivity index (χ1v) is 7.56. The van der Waals surface area contributed by atoms with Crippen LogP contribution in [0.1, 0.15) is 39.0 Å². The summed E-state index contributed by atoms with van der Waals surface area (Å²) in [6, 6.07) is 0. The third-order valence-corrected chi connectivity index (χ3v) is 5.55. The van der Waals surface area contributed by atoms with Gasteiger partial charge in [-0.1, -0.05) is 19.6 Å². The molecule has 0 aromatic heterocycles. The molecule has 0 spiro atoms. The highest BCUT2D eigenvalue weighted by Gasteiger charge is 2.51. The van der Waals surface area contributed by atoms with Crippen molar-refractivity contribution in [3.8, 4) is 0 Å². The summed E-state index contributed by atoms with van der Waals surface area (Å²) in [4.78, 5) is 11.4. The fraction of sp³-hybridized carbons (Fsp3) is 0.588. The number of aliphatic hydroxyl groups excluding tert-OH is 1. The Balaban J connectivity index is 1.82. The number of rotatable bonds is 2. The van der Waals surface area contributed by atoms with E-state index in [1.807, 2.05) is 0 Å². The van der Waals surface area contributed by atoms with Crippen molar-refractivity contribution in [1.82, 2.24) is 5.32 Å². The molecular weight excluding hydrogens is 250 g/mol. The van der Waals surface area contributed by atoms with Gasteiger partial charge in [-0.3, -0.25) is 4.79 Å². The van der Waals surface area contributed by atoms with Gasteiger partial charge in [-0.25, -0.2) is 0 Å². The predicted octanol–water partition coefficient (Wildman–Crippen LogP) is 2.69. The van der Waals surface area contributed by atoms with E-state index in [1.54, 1.807) is 6.08 Å². The highest BCUT2D eigenvalue weighted by Crippen LogP contribution is 2.55.